The molecule has 2 heterocycles. The van der Waals surface area contributed by atoms with Crippen LogP contribution in [-0.4, -0.2) is 76.1 Å². The van der Waals surface area contributed by atoms with Gasteiger partial charge in [0, 0.05) is 30.1 Å². The third-order valence-electron chi connectivity index (χ3n) is 7.44. The van der Waals surface area contributed by atoms with E-state index in [0.29, 0.717) is 41.6 Å². The third-order valence-corrected chi connectivity index (χ3v) is 9.82. The normalized spacial score (nSPS) is 17.9. The second-order valence-electron chi connectivity index (χ2n) is 10.1. The van der Waals surface area contributed by atoms with E-state index in [1.807, 2.05) is 52.1 Å². The maximum Gasteiger partial charge on any atom is 0.304 e. The summed E-state index contributed by atoms with van der Waals surface area (Å²) in [5.74, 6) is -0.689. The molecule has 2 aromatic carbocycles. The zero-order valence-electron chi connectivity index (χ0n) is 22.0. The van der Waals surface area contributed by atoms with E-state index in [1.165, 1.54) is 11.3 Å². The number of methoxy groups -OCH3 is 1. The number of hydrogen-bond donors (Lipinski definition) is 2. The molecule has 2 N–H and O–H groups in total. The Morgan fingerprint density at radius 2 is 1.85 bits per heavy atom. The van der Waals surface area contributed by atoms with Gasteiger partial charge in [-0.05, 0) is 43.1 Å². The summed E-state index contributed by atoms with van der Waals surface area (Å²) in [6.45, 7) is 3.35. The number of fused-ring (bicyclic) bond motifs is 1. The van der Waals surface area contributed by atoms with E-state index in [2.05, 4.69) is 17.3 Å². The minimum absolute atomic E-state index is 0.206. The van der Waals surface area contributed by atoms with Gasteiger partial charge < -0.3 is 24.6 Å². The van der Waals surface area contributed by atoms with Gasteiger partial charge in [-0.1, -0.05) is 24.3 Å². The highest BCUT2D eigenvalue weighted by Gasteiger charge is 2.45. The van der Waals surface area contributed by atoms with Crippen LogP contribution in [0.25, 0.3) is 11.3 Å². The highest BCUT2D eigenvalue weighted by atomic mass is 32.2. The molecule has 11 heteroatoms. The van der Waals surface area contributed by atoms with Gasteiger partial charge in [-0.3, -0.25) is 9.59 Å². The number of likely N-dealkylation sites (N-methyl/N-ethyl adjacent to an activating group) is 1. The maximum atomic E-state index is 13.4. The van der Waals surface area contributed by atoms with Gasteiger partial charge >= 0.3 is 5.97 Å². The number of rotatable bonds is 9. The Hall–Kier alpha value is -2.96. The SMILES string of the molecule is COc1ccc(-c2csc(CNC(=O)C3(CC(=O)O)Cc4ccccc4C3)n2)cc1[S@@+]([O-])N1CCN(C)CC1. The van der Waals surface area contributed by atoms with Crippen molar-refractivity contribution in [3.05, 3.63) is 64.0 Å². The van der Waals surface area contributed by atoms with Crippen LogP contribution >= 0.6 is 11.3 Å². The molecule has 1 atom stereocenters. The Kier molecular flexibility index (Phi) is 8.24. The number of nitrogens with one attached hydrogen (secondary N) is 1. The van der Waals surface area contributed by atoms with E-state index in [-0.39, 0.29) is 18.9 Å². The second-order valence-corrected chi connectivity index (χ2v) is 12.5. The van der Waals surface area contributed by atoms with Gasteiger partial charge in [-0.2, -0.15) is 0 Å². The van der Waals surface area contributed by atoms with Crippen molar-refractivity contribution < 1.29 is 24.0 Å². The molecule has 0 spiro atoms. The summed E-state index contributed by atoms with van der Waals surface area (Å²) in [4.78, 5) is 32.5. The number of carboxylic acids is 1. The summed E-state index contributed by atoms with van der Waals surface area (Å²) in [5, 5.41) is 15.1. The number of ether oxygens (including phenoxy) is 1. The standard InChI is InChI=1S/C28H32N4O5S2/c1-31-9-11-32(12-10-31)39(36)24-13-19(7-8-23(24)37-2)22-18-38-25(30-22)17-29-27(35)28(16-26(33)34)14-20-5-3-4-6-21(20)15-28/h3-8,13,18H,9-12,14-17H2,1-2H3,(H,29,35)(H,33,34)/t39-/m1/s1. The smallest absolute Gasteiger partial charge is 0.304 e. The summed E-state index contributed by atoms with van der Waals surface area (Å²) < 4.78 is 20.9. The predicted molar refractivity (Wildman–Crippen MR) is 150 cm³/mol. The molecule has 206 valence electrons. The first kappa shape index (κ1) is 27.6. The average Bonchev–Trinajstić information content (AvgIpc) is 3.56. The van der Waals surface area contributed by atoms with E-state index in [9.17, 15) is 19.2 Å². The van der Waals surface area contributed by atoms with Crippen LogP contribution in [0.3, 0.4) is 0 Å². The molecule has 1 fully saturated rings. The van der Waals surface area contributed by atoms with Crippen LogP contribution in [0.2, 0.25) is 0 Å². The predicted octanol–water partition coefficient (Wildman–Crippen LogP) is 2.96. The van der Waals surface area contributed by atoms with E-state index in [4.69, 9.17) is 9.72 Å². The van der Waals surface area contributed by atoms with Gasteiger partial charge in [0.2, 0.25) is 10.8 Å². The maximum absolute atomic E-state index is 13.4. The van der Waals surface area contributed by atoms with Gasteiger partial charge in [0.05, 0.1) is 55.6 Å². The Morgan fingerprint density at radius 3 is 2.49 bits per heavy atom. The Morgan fingerprint density at radius 1 is 1.15 bits per heavy atom. The molecule has 1 aliphatic carbocycles. The molecule has 3 aromatic rings. The van der Waals surface area contributed by atoms with Crippen molar-refractivity contribution in [1.82, 2.24) is 19.5 Å². The van der Waals surface area contributed by atoms with Gasteiger partial charge in [-0.25, -0.2) is 4.98 Å². The molecule has 1 saturated heterocycles. The van der Waals surface area contributed by atoms with Crippen molar-refractivity contribution in [1.29, 1.82) is 0 Å². The van der Waals surface area contributed by atoms with Crippen LogP contribution < -0.4 is 10.1 Å². The number of carboxylic acid groups (broad SMARTS) is 1. The first-order valence-electron chi connectivity index (χ1n) is 12.8. The van der Waals surface area contributed by atoms with Crippen LogP contribution in [0.4, 0.5) is 0 Å². The number of amides is 1. The molecule has 0 radical (unpaired) electrons. The molecule has 2 aliphatic rings. The number of benzene rings is 2. The summed E-state index contributed by atoms with van der Waals surface area (Å²) >= 11 is 0.0574. The van der Waals surface area contributed by atoms with Crippen molar-refractivity contribution in [3.8, 4) is 17.0 Å². The lowest BCUT2D eigenvalue weighted by Crippen LogP contribution is -2.47. The van der Waals surface area contributed by atoms with Crippen molar-refractivity contribution in [2.24, 2.45) is 5.41 Å². The minimum atomic E-state index is -1.36. The van der Waals surface area contributed by atoms with E-state index < -0.39 is 22.7 Å². The van der Waals surface area contributed by atoms with E-state index >= 15 is 0 Å². The number of thiazole rings is 1. The summed E-state index contributed by atoms with van der Waals surface area (Å²) in [7, 11) is 3.63. The number of hydrogen-bond acceptors (Lipinski definition) is 8. The lowest BCUT2D eigenvalue weighted by atomic mass is 9.80. The molecule has 0 bridgehead atoms. The zero-order chi connectivity index (χ0) is 27.6. The molecule has 5 rings (SSSR count). The molecule has 1 amide bonds. The highest BCUT2D eigenvalue weighted by molar-refractivity contribution is 7.89. The summed E-state index contributed by atoms with van der Waals surface area (Å²) in [6, 6.07) is 13.3. The highest BCUT2D eigenvalue weighted by Crippen LogP contribution is 2.40. The van der Waals surface area contributed by atoms with Crippen molar-refractivity contribution in [2.45, 2.75) is 30.7 Å². The van der Waals surface area contributed by atoms with Crippen LogP contribution in [-0.2, 0) is 40.3 Å². The molecule has 9 nitrogen and oxygen atoms in total. The number of aliphatic carboxylic acids is 1. The molecule has 39 heavy (non-hydrogen) atoms. The fourth-order valence-electron chi connectivity index (χ4n) is 5.28. The topological polar surface area (TPSA) is 118 Å². The quantitative estimate of drug-likeness (QED) is 0.379. The zero-order valence-corrected chi connectivity index (χ0v) is 23.6. The minimum Gasteiger partial charge on any atom is -0.593 e. The Bertz CT molecular complexity index is 1330. The molecule has 1 aliphatic heterocycles. The van der Waals surface area contributed by atoms with Crippen LogP contribution in [0.1, 0.15) is 22.6 Å². The van der Waals surface area contributed by atoms with Crippen LogP contribution in [0.5, 0.6) is 5.75 Å². The average molecular weight is 569 g/mol. The van der Waals surface area contributed by atoms with Gasteiger partial charge in [0.1, 0.15) is 5.01 Å². The summed E-state index contributed by atoms with van der Waals surface area (Å²) in [6.07, 6.45) is 0.586. The Labute approximate surface area is 235 Å². The third kappa shape index (κ3) is 5.97. The van der Waals surface area contributed by atoms with Crippen LogP contribution in [0.15, 0.2) is 52.7 Å². The fraction of sp³-hybridized carbons (Fsp3) is 0.393. The number of piperazine rings is 1. The molecule has 0 unspecified atom stereocenters. The lowest BCUT2D eigenvalue weighted by molar-refractivity contribution is -0.145. The monoisotopic (exact) mass is 568 g/mol. The Balaban J connectivity index is 1.29. The first-order valence-corrected chi connectivity index (χ1v) is 14.8. The molecular weight excluding hydrogens is 536 g/mol. The molecule has 0 saturated carbocycles. The van der Waals surface area contributed by atoms with Crippen LogP contribution in [0, 0.1) is 5.41 Å². The number of carbonyl (C=O) groups excluding carboxylic acids is 1. The summed E-state index contributed by atoms with van der Waals surface area (Å²) in [5.41, 5.74) is 2.57. The second kappa shape index (κ2) is 11.6. The van der Waals surface area contributed by atoms with Gasteiger partial charge in [0.25, 0.3) is 0 Å². The largest absolute Gasteiger partial charge is 0.593 e. The van der Waals surface area contributed by atoms with Crippen molar-refractivity contribution >= 4 is 34.6 Å². The number of aromatic nitrogens is 1. The number of carbonyl (C=O) groups is 2. The van der Waals surface area contributed by atoms with Crippen molar-refractivity contribution in [3.63, 3.8) is 0 Å². The lowest BCUT2D eigenvalue weighted by Gasteiger charge is -2.32. The fourth-order valence-corrected chi connectivity index (χ4v) is 7.35. The van der Waals surface area contributed by atoms with Gasteiger partial charge in [0.15, 0.2) is 5.75 Å². The van der Waals surface area contributed by atoms with E-state index in [0.717, 1.165) is 35.5 Å². The van der Waals surface area contributed by atoms with Gasteiger partial charge in [-0.15, -0.1) is 15.6 Å². The first-order chi connectivity index (χ1) is 18.8. The molecule has 1 aromatic heterocycles. The van der Waals surface area contributed by atoms with E-state index in [1.54, 1.807) is 7.11 Å². The van der Waals surface area contributed by atoms with Crippen molar-refractivity contribution in [2.75, 3.05) is 40.3 Å². The number of nitrogens with zero attached hydrogens (tertiary/aromatic N) is 3. The molecular formula is C28H32N4O5S2.